The number of thioether (sulfide) groups is 2. The molecule has 1 fully saturated rings. The zero-order valence-corrected chi connectivity index (χ0v) is 23.5. The zero-order valence-electron chi connectivity index (χ0n) is 21.1. The first-order chi connectivity index (χ1) is 18.4. The van der Waals surface area contributed by atoms with Crippen LogP contribution in [0, 0.1) is 0 Å². The fourth-order valence-corrected chi connectivity index (χ4v) is 8.40. The largest absolute Gasteiger partial charge is 0.420 e. The SMILES string of the molecule is CCc1cc(N2CCN(CCO)CC2)ccc1Nc1ncc(C(F)(F)F)c(-c2cc3c(s2)CSCCS3)n1. The minimum absolute atomic E-state index is 0.0749. The number of thiophene rings is 1. The molecule has 2 aliphatic rings. The maximum absolute atomic E-state index is 13.9. The minimum atomic E-state index is -4.55. The van der Waals surface area contributed by atoms with E-state index in [1.807, 2.05) is 18.2 Å². The van der Waals surface area contributed by atoms with Crippen LogP contribution >= 0.6 is 34.9 Å². The van der Waals surface area contributed by atoms with Gasteiger partial charge in [-0.15, -0.1) is 23.1 Å². The summed E-state index contributed by atoms with van der Waals surface area (Å²) in [6, 6.07) is 7.96. The molecule has 0 radical (unpaired) electrons. The first-order valence-corrected chi connectivity index (χ1v) is 15.6. The third-order valence-corrected chi connectivity index (χ3v) is 10.5. The van der Waals surface area contributed by atoms with Crippen molar-refractivity contribution in [1.82, 2.24) is 14.9 Å². The molecule has 2 N–H and O–H groups in total. The summed E-state index contributed by atoms with van der Waals surface area (Å²) in [6.45, 7) is 6.46. The molecule has 12 heteroatoms. The van der Waals surface area contributed by atoms with Crippen molar-refractivity contribution in [3.63, 3.8) is 0 Å². The second kappa shape index (κ2) is 12.0. The molecule has 1 aromatic carbocycles. The van der Waals surface area contributed by atoms with Gasteiger partial charge >= 0.3 is 6.18 Å². The predicted molar refractivity (Wildman–Crippen MR) is 152 cm³/mol. The fourth-order valence-electron chi connectivity index (χ4n) is 4.65. The Morgan fingerprint density at radius 2 is 1.92 bits per heavy atom. The lowest BCUT2D eigenvalue weighted by molar-refractivity contribution is -0.137. The second-order valence-corrected chi connectivity index (χ2v) is 12.5. The molecule has 2 aliphatic heterocycles. The maximum atomic E-state index is 13.9. The van der Waals surface area contributed by atoms with E-state index in [2.05, 4.69) is 38.1 Å². The first-order valence-electron chi connectivity index (χ1n) is 12.6. The molecule has 0 aliphatic carbocycles. The predicted octanol–water partition coefficient (Wildman–Crippen LogP) is 5.98. The number of hydrogen-bond acceptors (Lipinski definition) is 9. The van der Waals surface area contributed by atoms with Crippen molar-refractivity contribution in [3.05, 3.63) is 46.5 Å². The number of aliphatic hydroxyl groups excluding tert-OH is 1. The van der Waals surface area contributed by atoms with Crippen LogP contribution < -0.4 is 10.2 Å². The third kappa shape index (κ3) is 6.25. The first kappa shape index (κ1) is 27.6. The number of aromatic nitrogens is 2. The summed E-state index contributed by atoms with van der Waals surface area (Å²) in [5.41, 5.74) is 2.05. The van der Waals surface area contributed by atoms with E-state index in [0.29, 0.717) is 11.4 Å². The Labute approximate surface area is 233 Å². The van der Waals surface area contributed by atoms with E-state index in [4.69, 9.17) is 0 Å². The van der Waals surface area contributed by atoms with E-state index in [0.717, 1.165) is 82.8 Å². The molecule has 6 nitrogen and oxygen atoms in total. The number of hydrogen-bond donors (Lipinski definition) is 2. The Kier molecular flexibility index (Phi) is 8.73. The summed E-state index contributed by atoms with van der Waals surface area (Å²) in [5.74, 6) is 2.95. The molecule has 0 bridgehead atoms. The zero-order chi connectivity index (χ0) is 26.7. The van der Waals surface area contributed by atoms with Crippen molar-refractivity contribution in [3.8, 4) is 10.6 Å². The molecule has 0 saturated carbocycles. The van der Waals surface area contributed by atoms with Crippen LogP contribution in [0.3, 0.4) is 0 Å². The summed E-state index contributed by atoms with van der Waals surface area (Å²) in [7, 11) is 0. The molecular weight excluding hydrogens is 552 g/mol. The lowest BCUT2D eigenvalue weighted by atomic mass is 10.1. The Bertz CT molecular complexity index is 1240. The number of anilines is 3. The van der Waals surface area contributed by atoms with Crippen LogP contribution in [0.2, 0.25) is 0 Å². The molecule has 204 valence electrons. The molecule has 5 rings (SSSR count). The van der Waals surface area contributed by atoms with Gasteiger partial charge in [0, 0.05) is 77.3 Å². The molecule has 4 heterocycles. The lowest BCUT2D eigenvalue weighted by Crippen LogP contribution is -2.47. The van der Waals surface area contributed by atoms with Gasteiger partial charge in [-0.25, -0.2) is 9.97 Å². The van der Waals surface area contributed by atoms with Crippen molar-refractivity contribution >= 4 is 52.2 Å². The van der Waals surface area contributed by atoms with Gasteiger partial charge in [-0.2, -0.15) is 24.9 Å². The van der Waals surface area contributed by atoms with Gasteiger partial charge in [0.1, 0.15) is 5.56 Å². The second-order valence-electron chi connectivity index (χ2n) is 9.13. The Hall–Kier alpha value is -1.99. The van der Waals surface area contributed by atoms with Crippen LogP contribution in [0.15, 0.2) is 35.4 Å². The Morgan fingerprint density at radius 3 is 2.66 bits per heavy atom. The van der Waals surface area contributed by atoms with Gasteiger partial charge in [0.2, 0.25) is 5.95 Å². The van der Waals surface area contributed by atoms with Gasteiger partial charge in [-0.3, -0.25) is 4.90 Å². The number of aryl methyl sites for hydroxylation is 1. The van der Waals surface area contributed by atoms with E-state index >= 15 is 0 Å². The fraction of sp³-hybridized carbons (Fsp3) is 0.462. The van der Waals surface area contributed by atoms with Crippen LogP contribution in [0.1, 0.15) is 22.9 Å². The monoisotopic (exact) mass is 581 g/mol. The van der Waals surface area contributed by atoms with Crippen LogP contribution in [0.5, 0.6) is 0 Å². The highest BCUT2D eigenvalue weighted by Gasteiger charge is 2.36. The Morgan fingerprint density at radius 1 is 1.11 bits per heavy atom. The van der Waals surface area contributed by atoms with E-state index in [1.165, 1.54) is 11.3 Å². The quantitative estimate of drug-likeness (QED) is 0.353. The van der Waals surface area contributed by atoms with Crippen molar-refractivity contribution in [2.45, 2.75) is 30.2 Å². The highest BCUT2D eigenvalue weighted by Crippen LogP contribution is 2.44. The number of nitrogens with zero attached hydrogens (tertiary/aromatic N) is 4. The number of piperazine rings is 1. The third-order valence-electron chi connectivity index (χ3n) is 6.69. The molecule has 2 aromatic heterocycles. The number of aliphatic hydroxyl groups is 1. The molecule has 0 amide bonds. The van der Waals surface area contributed by atoms with Crippen molar-refractivity contribution in [1.29, 1.82) is 0 Å². The van der Waals surface area contributed by atoms with Crippen molar-refractivity contribution in [2.75, 3.05) is 61.1 Å². The summed E-state index contributed by atoms with van der Waals surface area (Å²) < 4.78 is 41.8. The summed E-state index contributed by atoms with van der Waals surface area (Å²) >= 11 is 4.90. The molecule has 1 saturated heterocycles. The van der Waals surface area contributed by atoms with Crippen LogP contribution in [0.4, 0.5) is 30.5 Å². The minimum Gasteiger partial charge on any atom is -0.395 e. The highest BCUT2D eigenvalue weighted by molar-refractivity contribution is 8.03. The average Bonchev–Trinajstić information content (AvgIpc) is 3.19. The number of rotatable bonds is 7. The molecule has 0 atom stereocenters. The standard InChI is InChI=1S/C26H30F3N5OS3/c1-2-17-13-18(34-7-5-33(6-8-34)9-10-35)3-4-20(17)31-25-30-15-19(26(27,28)29)24(32-25)22-14-21-23(38-22)16-36-11-12-37-21/h3-4,13-15,35H,2,5-12,16H2,1H3,(H,30,31,32). The Balaban J connectivity index is 1.40. The van der Waals surface area contributed by atoms with Gasteiger partial charge < -0.3 is 15.3 Å². The molecule has 3 aromatic rings. The van der Waals surface area contributed by atoms with Crippen LogP contribution in [-0.4, -0.2) is 70.8 Å². The number of halogens is 3. The van der Waals surface area contributed by atoms with Crippen LogP contribution in [0.25, 0.3) is 10.6 Å². The van der Waals surface area contributed by atoms with Gasteiger partial charge in [0.15, 0.2) is 0 Å². The van der Waals surface area contributed by atoms with E-state index in [1.54, 1.807) is 23.5 Å². The smallest absolute Gasteiger partial charge is 0.395 e. The van der Waals surface area contributed by atoms with Crippen LogP contribution in [-0.2, 0) is 18.3 Å². The van der Waals surface area contributed by atoms with Gasteiger partial charge in [-0.05, 0) is 36.2 Å². The molecule has 0 spiro atoms. The number of alkyl halides is 3. The van der Waals surface area contributed by atoms with Gasteiger partial charge in [0.05, 0.1) is 17.2 Å². The number of benzene rings is 1. The van der Waals surface area contributed by atoms with E-state index in [9.17, 15) is 18.3 Å². The molecular formula is C26H30F3N5OS3. The molecule has 38 heavy (non-hydrogen) atoms. The van der Waals surface area contributed by atoms with E-state index < -0.39 is 11.7 Å². The normalized spacial score (nSPS) is 16.8. The number of nitrogens with one attached hydrogen (secondary N) is 1. The summed E-state index contributed by atoms with van der Waals surface area (Å²) in [6.07, 6.45) is -2.90. The summed E-state index contributed by atoms with van der Waals surface area (Å²) in [4.78, 5) is 15.7. The highest BCUT2D eigenvalue weighted by atomic mass is 32.2. The number of fused-ring (bicyclic) bond motifs is 1. The summed E-state index contributed by atoms with van der Waals surface area (Å²) in [5, 5.41) is 12.4. The van der Waals surface area contributed by atoms with Gasteiger partial charge in [-0.1, -0.05) is 6.92 Å². The van der Waals surface area contributed by atoms with Crippen molar-refractivity contribution in [2.24, 2.45) is 0 Å². The van der Waals surface area contributed by atoms with Crippen molar-refractivity contribution < 1.29 is 18.3 Å². The molecule has 0 unspecified atom stereocenters. The number of β-amino-alcohol motifs (C(OH)–C–C–N with tert-alkyl or cyclic N) is 1. The average molecular weight is 582 g/mol. The topological polar surface area (TPSA) is 64.5 Å². The van der Waals surface area contributed by atoms with Gasteiger partial charge in [0.25, 0.3) is 0 Å². The van der Waals surface area contributed by atoms with E-state index in [-0.39, 0.29) is 18.2 Å². The maximum Gasteiger partial charge on any atom is 0.420 e. The lowest BCUT2D eigenvalue weighted by Gasteiger charge is -2.36.